The van der Waals surface area contributed by atoms with Crippen molar-refractivity contribution in [1.82, 2.24) is 0 Å². The van der Waals surface area contributed by atoms with Gasteiger partial charge in [0.1, 0.15) is 0 Å². The summed E-state index contributed by atoms with van der Waals surface area (Å²) in [5.41, 5.74) is 1.51. The third-order valence-electron chi connectivity index (χ3n) is 2.73. The Bertz CT molecular complexity index is 610. The van der Waals surface area contributed by atoms with Crippen LogP contribution in [0.5, 0.6) is 0 Å². The molecule has 0 aliphatic carbocycles. The summed E-state index contributed by atoms with van der Waals surface area (Å²) in [5, 5.41) is 3.35. The summed E-state index contributed by atoms with van der Waals surface area (Å²) < 4.78 is 5.83. The van der Waals surface area contributed by atoms with Crippen LogP contribution < -0.4 is 5.32 Å². The van der Waals surface area contributed by atoms with Crippen molar-refractivity contribution in [2.45, 2.75) is 20.4 Å². The van der Waals surface area contributed by atoms with Crippen molar-refractivity contribution >= 4 is 38.9 Å². The highest BCUT2D eigenvalue weighted by atomic mass is 79.9. The number of nitrogens with one attached hydrogen (secondary N) is 1. The first-order valence-corrected chi connectivity index (χ1v) is 7.97. The van der Waals surface area contributed by atoms with Crippen LogP contribution in [0.4, 0.5) is 5.69 Å². The molecule has 0 spiro atoms. The SMILES string of the molecule is CCOC(=O)c1ccc(NCc2ccc(C)s2)c(Br)c1. The molecule has 0 radical (unpaired) electrons. The van der Waals surface area contributed by atoms with Crippen LogP contribution in [-0.4, -0.2) is 12.6 Å². The molecule has 20 heavy (non-hydrogen) atoms. The molecule has 1 N–H and O–H groups in total. The highest BCUT2D eigenvalue weighted by Gasteiger charge is 2.09. The van der Waals surface area contributed by atoms with Crippen molar-refractivity contribution in [2.24, 2.45) is 0 Å². The van der Waals surface area contributed by atoms with Gasteiger partial charge in [-0.1, -0.05) is 0 Å². The highest BCUT2D eigenvalue weighted by Crippen LogP contribution is 2.25. The molecule has 0 saturated carbocycles. The van der Waals surface area contributed by atoms with Gasteiger partial charge in [-0.2, -0.15) is 0 Å². The average molecular weight is 354 g/mol. The second-order valence-corrected chi connectivity index (χ2v) is 6.51. The molecule has 0 bridgehead atoms. The predicted molar refractivity (Wildman–Crippen MR) is 86.5 cm³/mol. The number of aryl methyl sites for hydroxylation is 1. The number of benzene rings is 1. The Hall–Kier alpha value is -1.33. The second kappa shape index (κ2) is 6.90. The maximum Gasteiger partial charge on any atom is 0.338 e. The van der Waals surface area contributed by atoms with E-state index in [9.17, 15) is 4.79 Å². The Morgan fingerprint density at radius 3 is 2.75 bits per heavy atom. The van der Waals surface area contributed by atoms with Crippen LogP contribution in [0.15, 0.2) is 34.8 Å². The molecule has 0 fully saturated rings. The number of carbonyl (C=O) groups excluding carboxylic acids is 1. The van der Waals surface area contributed by atoms with Crippen LogP contribution in [0, 0.1) is 6.92 Å². The molecule has 2 aromatic rings. The van der Waals surface area contributed by atoms with Gasteiger partial charge in [-0.3, -0.25) is 0 Å². The lowest BCUT2D eigenvalue weighted by Crippen LogP contribution is -2.05. The quantitative estimate of drug-likeness (QED) is 0.797. The van der Waals surface area contributed by atoms with E-state index in [4.69, 9.17) is 4.74 Å². The summed E-state index contributed by atoms with van der Waals surface area (Å²) in [6.07, 6.45) is 0. The third-order valence-corrected chi connectivity index (χ3v) is 4.39. The van der Waals surface area contributed by atoms with E-state index in [1.165, 1.54) is 9.75 Å². The van der Waals surface area contributed by atoms with Gasteiger partial charge in [0.05, 0.1) is 12.2 Å². The van der Waals surface area contributed by atoms with E-state index in [0.717, 1.165) is 16.7 Å². The summed E-state index contributed by atoms with van der Waals surface area (Å²) in [6.45, 7) is 5.05. The first-order chi connectivity index (χ1) is 9.60. The number of hydrogen-bond donors (Lipinski definition) is 1. The molecule has 0 aliphatic rings. The lowest BCUT2D eigenvalue weighted by molar-refractivity contribution is 0.0526. The molecule has 1 aromatic heterocycles. The molecule has 0 unspecified atom stereocenters. The summed E-state index contributed by atoms with van der Waals surface area (Å²) in [6, 6.07) is 9.66. The number of anilines is 1. The van der Waals surface area contributed by atoms with E-state index in [1.807, 2.05) is 6.07 Å². The van der Waals surface area contributed by atoms with E-state index in [1.54, 1.807) is 30.4 Å². The minimum absolute atomic E-state index is 0.298. The molecule has 106 valence electrons. The highest BCUT2D eigenvalue weighted by molar-refractivity contribution is 9.10. The molecule has 5 heteroatoms. The Balaban J connectivity index is 2.04. The lowest BCUT2D eigenvalue weighted by Gasteiger charge is -2.09. The molecule has 0 amide bonds. The Morgan fingerprint density at radius 2 is 2.15 bits per heavy atom. The van der Waals surface area contributed by atoms with Crippen molar-refractivity contribution in [3.8, 4) is 0 Å². The largest absolute Gasteiger partial charge is 0.462 e. The fraction of sp³-hybridized carbons (Fsp3) is 0.267. The minimum atomic E-state index is -0.298. The number of hydrogen-bond acceptors (Lipinski definition) is 4. The Labute approximate surface area is 131 Å². The zero-order valence-electron chi connectivity index (χ0n) is 11.4. The van der Waals surface area contributed by atoms with Crippen LogP contribution in [0.2, 0.25) is 0 Å². The fourth-order valence-electron chi connectivity index (χ4n) is 1.76. The summed E-state index contributed by atoms with van der Waals surface area (Å²) >= 11 is 5.25. The van der Waals surface area contributed by atoms with Gasteiger partial charge in [-0.15, -0.1) is 11.3 Å². The number of esters is 1. The zero-order valence-corrected chi connectivity index (χ0v) is 13.8. The Morgan fingerprint density at radius 1 is 1.35 bits per heavy atom. The topological polar surface area (TPSA) is 38.3 Å². The molecule has 0 saturated heterocycles. The van der Waals surface area contributed by atoms with Gasteiger partial charge in [0, 0.05) is 26.5 Å². The lowest BCUT2D eigenvalue weighted by atomic mass is 10.2. The fourth-order valence-corrected chi connectivity index (χ4v) is 3.11. The van der Waals surface area contributed by atoms with Crippen LogP contribution >= 0.6 is 27.3 Å². The van der Waals surface area contributed by atoms with E-state index in [0.29, 0.717) is 12.2 Å². The molecule has 3 nitrogen and oxygen atoms in total. The van der Waals surface area contributed by atoms with Gasteiger partial charge in [0.15, 0.2) is 0 Å². The summed E-state index contributed by atoms with van der Waals surface area (Å²) in [5.74, 6) is -0.298. The monoisotopic (exact) mass is 353 g/mol. The Kier molecular flexibility index (Phi) is 5.20. The van der Waals surface area contributed by atoms with Gasteiger partial charge in [0.2, 0.25) is 0 Å². The van der Waals surface area contributed by atoms with Crippen molar-refractivity contribution in [1.29, 1.82) is 0 Å². The van der Waals surface area contributed by atoms with Crippen molar-refractivity contribution in [2.75, 3.05) is 11.9 Å². The van der Waals surface area contributed by atoms with E-state index in [2.05, 4.69) is 40.3 Å². The first kappa shape index (κ1) is 15.1. The smallest absolute Gasteiger partial charge is 0.338 e. The molecular formula is C15H16BrNO2S. The van der Waals surface area contributed by atoms with Gasteiger partial charge < -0.3 is 10.1 Å². The zero-order chi connectivity index (χ0) is 14.5. The summed E-state index contributed by atoms with van der Waals surface area (Å²) in [4.78, 5) is 14.2. The normalized spacial score (nSPS) is 10.3. The molecule has 1 heterocycles. The predicted octanol–water partition coefficient (Wildman–Crippen LogP) is 4.61. The standard InChI is InChI=1S/C15H16BrNO2S/c1-3-19-15(18)11-5-7-14(13(16)8-11)17-9-12-6-4-10(2)20-12/h4-8,17H,3,9H2,1-2H3. The number of halogens is 1. The van der Waals surface area contributed by atoms with E-state index in [-0.39, 0.29) is 5.97 Å². The minimum Gasteiger partial charge on any atom is -0.462 e. The van der Waals surface area contributed by atoms with Crippen LogP contribution in [-0.2, 0) is 11.3 Å². The maximum atomic E-state index is 11.6. The van der Waals surface area contributed by atoms with Crippen molar-refractivity contribution < 1.29 is 9.53 Å². The van der Waals surface area contributed by atoms with Crippen molar-refractivity contribution in [3.05, 3.63) is 50.1 Å². The first-order valence-electron chi connectivity index (χ1n) is 6.36. The van der Waals surface area contributed by atoms with Crippen LogP contribution in [0.25, 0.3) is 0 Å². The molecule has 2 rings (SSSR count). The number of thiophene rings is 1. The number of ether oxygens (including phenoxy) is 1. The number of carbonyl (C=O) groups is 1. The molecule has 1 aromatic carbocycles. The summed E-state index contributed by atoms with van der Waals surface area (Å²) in [7, 11) is 0. The number of rotatable bonds is 5. The third kappa shape index (κ3) is 3.84. The van der Waals surface area contributed by atoms with Crippen LogP contribution in [0.3, 0.4) is 0 Å². The van der Waals surface area contributed by atoms with Gasteiger partial charge in [-0.25, -0.2) is 4.79 Å². The van der Waals surface area contributed by atoms with Crippen LogP contribution in [0.1, 0.15) is 27.0 Å². The van der Waals surface area contributed by atoms with Gasteiger partial charge in [-0.05, 0) is 60.1 Å². The maximum absolute atomic E-state index is 11.6. The van der Waals surface area contributed by atoms with E-state index < -0.39 is 0 Å². The second-order valence-electron chi connectivity index (χ2n) is 4.28. The average Bonchev–Trinajstić information content (AvgIpc) is 2.83. The molecule has 0 atom stereocenters. The van der Waals surface area contributed by atoms with E-state index >= 15 is 0 Å². The van der Waals surface area contributed by atoms with Gasteiger partial charge in [0.25, 0.3) is 0 Å². The van der Waals surface area contributed by atoms with Crippen molar-refractivity contribution in [3.63, 3.8) is 0 Å². The molecular weight excluding hydrogens is 338 g/mol. The molecule has 0 aliphatic heterocycles. The van der Waals surface area contributed by atoms with Gasteiger partial charge >= 0.3 is 5.97 Å².